The van der Waals surface area contributed by atoms with E-state index in [1.807, 2.05) is 0 Å². The van der Waals surface area contributed by atoms with Gasteiger partial charge in [-0.15, -0.1) is 0 Å². The second kappa shape index (κ2) is 4.54. The fourth-order valence-corrected chi connectivity index (χ4v) is 3.40. The molecule has 0 radical (unpaired) electrons. The molecule has 2 rings (SSSR count). The zero-order valence-corrected chi connectivity index (χ0v) is 9.50. The first-order valence-corrected chi connectivity index (χ1v) is 6.46. The van der Waals surface area contributed by atoms with Gasteiger partial charge in [-0.3, -0.25) is 4.79 Å². The third-order valence-corrected chi connectivity index (χ3v) is 4.52. The number of hydrogen-bond donors (Lipinski definition) is 1. The predicted octanol–water partition coefficient (Wildman–Crippen LogP) is 3.60. The molecule has 0 atom stereocenters. The van der Waals surface area contributed by atoms with Crippen molar-refractivity contribution in [3.63, 3.8) is 0 Å². The Morgan fingerprint density at radius 2 is 1.73 bits per heavy atom. The molecule has 15 heavy (non-hydrogen) atoms. The van der Waals surface area contributed by atoms with Crippen molar-refractivity contribution in [2.24, 2.45) is 11.3 Å². The highest BCUT2D eigenvalue weighted by molar-refractivity contribution is 5.74. The van der Waals surface area contributed by atoms with Crippen LogP contribution in [0.4, 0.5) is 0 Å². The fraction of sp³-hybridized carbons (Fsp3) is 0.923. The van der Waals surface area contributed by atoms with Gasteiger partial charge in [0.2, 0.25) is 0 Å². The van der Waals surface area contributed by atoms with Crippen LogP contribution in [0.5, 0.6) is 0 Å². The Labute approximate surface area is 92.1 Å². The minimum atomic E-state index is -0.530. The zero-order chi connectivity index (χ0) is 10.7. The van der Waals surface area contributed by atoms with Gasteiger partial charge in [0.1, 0.15) is 0 Å². The average Bonchev–Trinajstić information content (AvgIpc) is 2.87. The van der Waals surface area contributed by atoms with Crippen molar-refractivity contribution in [1.82, 2.24) is 0 Å². The number of aliphatic carboxylic acids is 1. The number of carbonyl (C=O) groups is 1. The quantitative estimate of drug-likeness (QED) is 0.769. The Kier molecular flexibility index (Phi) is 3.32. The number of carboxylic acid groups (broad SMARTS) is 1. The molecule has 0 bridgehead atoms. The maximum atomic E-state index is 11.3. The van der Waals surface area contributed by atoms with E-state index in [-0.39, 0.29) is 5.41 Å². The van der Waals surface area contributed by atoms with Crippen LogP contribution in [-0.2, 0) is 4.79 Å². The normalized spacial score (nSPS) is 25.9. The molecule has 0 heterocycles. The van der Waals surface area contributed by atoms with Crippen molar-refractivity contribution in [3.05, 3.63) is 0 Å². The lowest BCUT2D eigenvalue weighted by Crippen LogP contribution is -2.28. The van der Waals surface area contributed by atoms with Crippen molar-refractivity contribution in [1.29, 1.82) is 0 Å². The zero-order valence-electron chi connectivity index (χ0n) is 9.50. The summed E-state index contributed by atoms with van der Waals surface area (Å²) in [6.45, 7) is 0. The smallest absolute Gasteiger partial charge is 0.309 e. The molecular weight excluding hydrogens is 188 g/mol. The first-order chi connectivity index (χ1) is 7.23. The SMILES string of the molecule is O=C(O)C1(CCC2CCCC2)CCCC1. The van der Waals surface area contributed by atoms with Crippen LogP contribution in [-0.4, -0.2) is 11.1 Å². The molecule has 0 aromatic rings. The van der Waals surface area contributed by atoms with E-state index in [1.54, 1.807) is 0 Å². The molecule has 2 aliphatic carbocycles. The van der Waals surface area contributed by atoms with Crippen LogP contribution in [0.25, 0.3) is 0 Å². The van der Waals surface area contributed by atoms with E-state index in [0.717, 1.165) is 44.4 Å². The number of carboxylic acids is 1. The first kappa shape index (κ1) is 11.0. The lowest BCUT2D eigenvalue weighted by molar-refractivity contribution is -0.149. The van der Waals surface area contributed by atoms with Gasteiger partial charge < -0.3 is 5.11 Å². The molecule has 1 N–H and O–H groups in total. The van der Waals surface area contributed by atoms with Gasteiger partial charge in [0, 0.05) is 0 Å². The molecule has 0 aromatic heterocycles. The topological polar surface area (TPSA) is 37.3 Å². The van der Waals surface area contributed by atoms with Gasteiger partial charge in [-0.05, 0) is 31.6 Å². The molecule has 0 amide bonds. The van der Waals surface area contributed by atoms with Gasteiger partial charge in [0.05, 0.1) is 5.41 Å². The van der Waals surface area contributed by atoms with Crippen molar-refractivity contribution in [3.8, 4) is 0 Å². The Hall–Kier alpha value is -0.530. The van der Waals surface area contributed by atoms with E-state index in [1.165, 1.54) is 25.7 Å². The summed E-state index contributed by atoms with van der Waals surface area (Å²) >= 11 is 0. The molecule has 0 unspecified atom stereocenters. The minimum Gasteiger partial charge on any atom is -0.481 e. The Balaban J connectivity index is 1.86. The molecular formula is C13H22O2. The van der Waals surface area contributed by atoms with Crippen molar-refractivity contribution >= 4 is 5.97 Å². The summed E-state index contributed by atoms with van der Waals surface area (Å²) in [6.07, 6.45) is 11.6. The maximum Gasteiger partial charge on any atom is 0.309 e. The summed E-state index contributed by atoms with van der Waals surface area (Å²) < 4.78 is 0. The molecule has 2 fully saturated rings. The highest BCUT2D eigenvalue weighted by atomic mass is 16.4. The van der Waals surface area contributed by atoms with Gasteiger partial charge in [0.15, 0.2) is 0 Å². The summed E-state index contributed by atoms with van der Waals surface area (Å²) in [5.41, 5.74) is -0.331. The third-order valence-electron chi connectivity index (χ3n) is 4.52. The molecule has 2 aliphatic rings. The standard InChI is InChI=1S/C13H22O2/c14-12(15)13(8-3-4-9-13)10-7-11-5-1-2-6-11/h11H,1-10H2,(H,14,15). The Morgan fingerprint density at radius 3 is 2.27 bits per heavy atom. The van der Waals surface area contributed by atoms with Crippen LogP contribution in [0.15, 0.2) is 0 Å². The van der Waals surface area contributed by atoms with Crippen LogP contribution in [0.3, 0.4) is 0 Å². The third kappa shape index (κ3) is 2.35. The van der Waals surface area contributed by atoms with E-state index >= 15 is 0 Å². The number of hydrogen-bond acceptors (Lipinski definition) is 1. The van der Waals surface area contributed by atoms with E-state index in [2.05, 4.69) is 0 Å². The van der Waals surface area contributed by atoms with Crippen molar-refractivity contribution in [2.45, 2.75) is 64.2 Å². The Morgan fingerprint density at radius 1 is 1.13 bits per heavy atom. The van der Waals surface area contributed by atoms with Crippen molar-refractivity contribution in [2.75, 3.05) is 0 Å². The first-order valence-electron chi connectivity index (χ1n) is 6.46. The van der Waals surface area contributed by atoms with Gasteiger partial charge in [-0.25, -0.2) is 0 Å². The summed E-state index contributed by atoms with van der Waals surface area (Å²) in [5, 5.41) is 9.34. The summed E-state index contributed by atoms with van der Waals surface area (Å²) in [5.74, 6) is 0.305. The number of rotatable bonds is 4. The molecule has 2 nitrogen and oxygen atoms in total. The monoisotopic (exact) mass is 210 g/mol. The second-order valence-corrected chi connectivity index (χ2v) is 5.48. The summed E-state index contributed by atoms with van der Waals surface area (Å²) in [7, 11) is 0. The van der Waals surface area contributed by atoms with Crippen LogP contribution >= 0.6 is 0 Å². The van der Waals surface area contributed by atoms with E-state index in [0.29, 0.717) is 0 Å². The van der Waals surface area contributed by atoms with Crippen LogP contribution in [0, 0.1) is 11.3 Å². The summed E-state index contributed by atoms with van der Waals surface area (Å²) in [4.78, 5) is 11.3. The van der Waals surface area contributed by atoms with Gasteiger partial charge in [0.25, 0.3) is 0 Å². The van der Waals surface area contributed by atoms with E-state index in [4.69, 9.17) is 0 Å². The molecule has 0 aromatic carbocycles. The molecule has 0 saturated heterocycles. The average molecular weight is 210 g/mol. The van der Waals surface area contributed by atoms with Crippen LogP contribution < -0.4 is 0 Å². The maximum absolute atomic E-state index is 11.3. The Bertz CT molecular complexity index is 223. The van der Waals surface area contributed by atoms with Gasteiger partial charge in [-0.2, -0.15) is 0 Å². The molecule has 2 heteroatoms. The summed E-state index contributed by atoms with van der Waals surface area (Å²) in [6, 6.07) is 0. The van der Waals surface area contributed by atoms with Crippen LogP contribution in [0.2, 0.25) is 0 Å². The highest BCUT2D eigenvalue weighted by Gasteiger charge is 2.41. The lowest BCUT2D eigenvalue weighted by atomic mass is 9.79. The van der Waals surface area contributed by atoms with Gasteiger partial charge in [-0.1, -0.05) is 38.5 Å². The molecule has 0 aliphatic heterocycles. The minimum absolute atomic E-state index is 0.331. The van der Waals surface area contributed by atoms with Crippen LogP contribution in [0.1, 0.15) is 64.2 Å². The highest BCUT2D eigenvalue weighted by Crippen LogP contribution is 2.44. The van der Waals surface area contributed by atoms with E-state index in [9.17, 15) is 9.90 Å². The molecule has 0 spiro atoms. The van der Waals surface area contributed by atoms with E-state index < -0.39 is 5.97 Å². The molecule has 86 valence electrons. The lowest BCUT2D eigenvalue weighted by Gasteiger charge is -2.25. The van der Waals surface area contributed by atoms with Gasteiger partial charge >= 0.3 is 5.97 Å². The van der Waals surface area contributed by atoms with Crippen molar-refractivity contribution < 1.29 is 9.90 Å². The largest absolute Gasteiger partial charge is 0.481 e. The second-order valence-electron chi connectivity index (χ2n) is 5.48. The fourth-order valence-electron chi connectivity index (χ4n) is 3.40. The predicted molar refractivity (Wildman–Crippen MR) is 59.7 cm³/mol. The molecule has 2 saturated carbocycles.